The zero-order valence-corrected chi connectivity index (χ0v) is 18.0. The van der Waals surface area contributed by atoms with Crippen LogP contribution in [0.1, 0.15) is 19.5 Å². The van der Waals surface area contributed by atoms with E-state index in [9.17, 15) is 0 Å². The van der Waals surface area contributed by atoms with E-state index in [1.54, 1.807) is 12.4 Å². The number of aliphatic imine (C=N–C) groups is 2. The quantitative estimate of drug-likeness (QED) is 0.318. The molecule has 1 aromatic rings. The molecule has 0 fully saturated rings. The Bertz CT molecular complexity index is 670. The summed E-state index contributed by atoms with van der Waals surface area (Å²) in [5.41, 5.74) is 3.58. The first kappa shape index (κ1) is 24.3. The van der Waals surface area contributed by atoms with Crippen molar-refractivity contribution in [2.24, 2.45) is 9.98 Å². The summed E-state index contributed by atoms with van der Waals surface area (Å²) in [6.07, 6.45) is 9.34. The molecule has 0 bridgehead atoms. The molecule has 0 aromatic carbocycles. The van der Waals surface area contributed by atoms with Gasteiger partial charge in [0.1, 0.15) is 0 Å². The fourth-order valence-electron chi connectivity index (χ4n) is 1.52. The monoisotopic (exact) mass is 404 g/mol. The fraction of sp³-hybridized carbons (Fsp3) is 0.125. The molecule has 1 aliphatic rings. The van der Waals surface area contributed by atoms with Gasteiger partial charge >= 0.3 is 0 Å². The summed E-state index contributed by atoms with van der Waals surface area (Å²) in [6.45, 7) is 3.91. The van der Waals surface area contributed by atoms with Gasteiger partial charge in [-0.15, -0.1) is 0 Å². The summed E-state index contributed by atoms with van der Waals surface area (Å²) in [5.74, 6) is 0. The van der Waals surface area contributed by atoms with Gasteiger partial charge < -0.3 is 10.8 Å². The van der Waals surface area contributed by atoms with Crippen molar-refractivity contribution in [2.75, 3.05) is 0 Å². The molecule has 0 aliphatic carbocycles. The van der Waals surface area contributed by atoms with Gasteiger partial charge in [-0.3, -0.25) is 4.98 Å². The predicted octanol–water partition coefficient (Wildman–Crippen LogP) is 4.28. The van der Waals surface area contributed by atoms with Crippen molar-refractivity contribution in [1.29, 1.82) is 0 Å². The van der Waals surface area contributed by atoms with Crippen LogP contribution in [0.4, 0.5) is 0 Å². The van der Waals surface area contributed by atoms with Gasteiger partial charge in [0.05, 0.1) is 30.1 Å². The van der Waals surface area contributed by atoms with Gasteiger partial charge in [0.15, 0.2) is 11.4 Å². The molecule has 1 aliphatic heterocycles. The van der Waals surface area contributed by atoms with Crippen LogP contribution in [0.2, 0.25) is 0 Å². The van der Waals surface area contributed by atoms with Crippen LogP contribution < -0.4 is 0 Å². The van der Waals surface area contributed by atoms with E-state index in [1.165, 1.54) is 10.3 Å². The first-order chi connectivity index (χ1) is 11.1. The van der Waals surface area contributed by atoms with Gasteiger partial charge in [0.25, 0.3) is 0 Å². The predicted molar refractivity (Wildman–Crippen MR) is 103 cm³/mol. The molecular formula is C16H14N5S2Zn-. The molecule has 0 unspecified atom stereocenters. The molecule has 0 radical (unpaired) electrons. The van der Waals surface area contributed by atoms with Crippen LogP contribution in [-0.2, 0) is 19.5 Å². The average Bonchev–Trinajstić information content (AvgIpc) is 2.58. The van der Waals surface area contributed by atoms with Gasteiger partial charge in [-0.25, -0.2) is 4.99 Å². The van der Waals surface area contributed by atoms with Crippen LogP contribution in [0, 0.1) is 6.42 Å². The third-order valence-electron chi connectivity index (χ3n) is 2.41. The zero-order valence-electron chi connectivity index (χ0n) is 13.4. The van der Waals surface area contributed by atoms with E-state index in [2.05, 4.69) is 39.4 Å². The fourth-order valence-corrected chi connectivity index (χ4v) is 1.52. The molecule has 5 nitrogen and oxygen atoms in total. The van der Waals surface area contributed by atoms with E-state index in [4.69, 9.17) is 10.8 Å². The second-order valence-corrected chi connectivity index (χ2v) is 4.26. The van der Waals surface area contributed by atoms with Gasteiger partial charge in [0, 0.05) is 38.7 Å². The summed E-state index contributed by atoms with van der Waals surface area (Å²) in [7, 11) is 0. The third-order valence-corrected chi connectivity index (χ3v) is 2.41. The molecule has 2 rings (SSSR count). The van der Waals surface area contributed by atoms with Crippen molar-refractivity contribution < 1.29 is 19.5 Å². The molecule has 8 heteroatoms. The van der Waals surface area contributed by atoms with Gasteiger partial charge in [0.2, 0.25) is 0 Å². The molecule has 1 aromatic heterocycles. The molecule has 2 heterocycles. The topological polar surface area (TPSA) is 82.2 Å². The van der Waals surface area contributed by atoms with Crippen LogP contribution in [-0.4, -0.2) is 27.2 Å². The number of thiocarbonyl (C=S) groups is 2. The first-order valence-corrected chi connectivity index (χ1v) is 7.16. The Balaban J connectivity index is 0. The Morgan fingerprint density at radius 3 is 2.29 bits per heavy atom. The Kier molecular flexibility index (Phi) is 16.2. The number of allylic oxidation sites excluding steroid dienone is 3. The summed E-state index contributed by atoms with van der Waals surface area (Å²) in [5, 5.41) is 16.9. The third kappa shape index (κ3) is 10.7. The molecule has 0 amide bonds. The number of isothiocyanates is 2. The van der Waals surface area contributed by atoms with Crippen molar-refractivity contribution in [3.63, 3.8) is 0 Å². The van der Waals surface area contributed by atoms with Gasteiger partial charge in [-0.05, 0) is 19.1 Å². The Morgan fingerprint density at radius 1 is 1.21 bits per heavy atom. The molecule has 118 valence electrons. The van der Waals surface area contributed by atoms with Crippen LogP contribution in [0.5, 0.6) is 0 Å². The standard InChI is InChI=1S/C14H14N3.2CNS.Zn/c1-11(13-7-3-5-9-15-13)17-12(2)14-8-4-6-10-16-14;2*2-1-3;/h3-10H,1-2H3;;;/q+1;2*-1;/b13-11-,17-12?;;;. The van der Waals surface area contributed by atoms with Crippen LogP contribution in [0.3, 0.4) is 0 Å². The average molecular weight is 406 g/mol. The molecule has 0 saturated carbocycles. The van der Waals surface area contributed by atoms with Crippen LogP contribution in [0.15, 0.2) is 57.9 Å². The zero-order chi connectivity index (χ0) is 17.5. The van der Waals surface area contributed by atoms with E-state index >= 15 is 0 Å². The first-order valence-electron chi connectivity index (χ1n) is 6.34. The number of hydrogen-bond donors (Lipinski definition) is 0. The number of nitrogens with zero attached hydrogens (tertiary/aromatic N) is 5. The van der Waals surface area contributed by atoms with Crippen molar-refractivity contribution in [2.45, 2.75) is 13.8 Å². The molecule has 0 atom stereocenters. The largest absolute Gasteiger partial charge is 0.753 e. The van der Waals surface area contributed by atoms with E-state index in [-0.39, 0.29) is 19.5 Å². The van der Waals surface area contributed by atoms with Crippen molar-refractivity contribution in [3.8, 4) is 0 Å². The van der Waals surface area contributed by atoms with E-state index in [0.717, 1.165) is 22.8 Å². The van der Waals surface area contributed by atoms with Gasteiger partial charge in [-0.1, -0.05) is 30.5 Å². The van der Waals surface area contributed by atoms with Crippen molar-refractivity contribution in [3.05, 3.63) is 70.9 Å². The van der Waals surface area contributed by atoms with Crippen LogP contribution in [0.25, 0.3) is 10.8 Å². The number of hydrogen-bond acceptors (Lipinski definition) is 5. The van der Waals surface area contributed by atoms with Gasteiger partial charge in [-0.2, -0.15) is 15.3 Å². The number of dihydropyridines is 1. The molecule has 24 heavy (non-hydrogen) atoms. The van der Waals surface area contributed by atoms with E-state index in [1.807, 2.05) is 50.6 Å². The number of aromatic nitrogens is 1. The smallest absolute Gasteiger partial charge is 0.194 e. The maximum Gasteiger partial charge on any atom is 0.194 e. The van der Waals surface area contributed by atoms with Crippen LogP contribution >= 0.6 is 24.4 Å². The molecule has 0 spiro atoms. The minimum absolute atomic E-state index is 0. The maximum absolute atomic E-state index is 7.13. The van der Waals surface area contributed by atoms with Crippen molar-refractivity contribution >= 4 is 46.7 Å². The molecular weight excluding hydrogens is 392 g/mol. The molecule has 0 N–H and O–H groups in total. The number of pyridine rings is 1. The Labute approximate surface area is 165 Å². The second-order valence-electron chi connectivity index (χ2n) is 3.90. The summed E-state index contributed by atoms with van der Waals surface area (Å²) < 4.78 is 0. The SMILES string of the molecule is CC(=N/C(C)=C1/[CH+]C=CC=N1)c1ccccn1.[N-]=C=S.[N-]=C=S.[Zn]. The van der Waals surface area contributed by atoms with E-state index in [0.29, 0.717) is 0 Å². The number of rotatable bonds is 2. The molecule has 0 saturated heterocycles. The van der Waals surface area contributed by atoms with Crippen molar-refractivity contribution in [1.82, 2.24) is 4.98 Å². The van der Waals surface area contributed by atoms with E-state index < -0.39 is 0 Å². The normalized spacial score (nSPS) is 13.3. The minimum atomic E-state index is 0. The summed E-state index contributed by atoms with van der Waals surface area (Å²) >= 11 is 7.40. The minimum Gasteiger partial charge on any atom is -0.753 e. The summed E-state index contributed by atoms with van der Waals surface area (Å²) in [6, 6.07) is 5.80. The Hall–Kier alpha value is -1.94. The maximum atomic E-state index is 7.13. The summed E-state index contributed by atoms with van der Waals surface area (Å²) in [4.78, 5) is 13.0. The Morgan fingerprint density at radius 2 is 1.83 bits per heavy atom. The second kappa shape index (κ2) is 15.9.